The van der Waals surface area contributed by atoms with E-state index in [9.17, 15) is 9.59 Å². The molecule has 5 heteroatoms. The summed E-state index contributed by atoms with van der Waals surface area (Å²) < 4.78 is 0. The van der Waals surface area contributed by atoms with Crippen LogP contribution in [-0.4, -0.2) is 59.9 Å². The molecule has 3 heterocycles. The monoisotopic (exact) mass is 341 g/mol. The molecule has 2 atom stereocenters. The molecule has 1 aromatic rings. The summed E-state index contributed by atoms with van der Waals surface area (Å²) in [5, 5.41) is 3.33. The van der Waals surface area contributed by atoms with Crippen molar-refractivity contribution in [3.8, 4) is 0 Å². The first-order valence-corrected chi connectivity index (χ1v) is 9.52. The van der Waals surface area contributed by atoms with Gasteiger partial charge in [0.25, 0.3) is 5.91 Å². The van der Waals surface area contributed by atoms with Gasteiger partial charge in [0.05, 0.1) is 5.92 Å². The third-order valence-corrected chi connectivity index (χ3v) is 6.32. The van der Waals surface area contributed by atoms with Gasteiger partial charge in [-0.2, -0.15) is 0 Å². The average Bonchev–Trinajstić information content (AvgIpc) is 3.16. The smallest absolute Gasteiger partial charge is 0.253 e. The van der Waals surface area contributed by atoms with Crippen molar-refractivity contribution in [1.82, 2.24) is 15.1 Å². The van der Waals surface area contributed by atoms with Crippen molar-refractivity contribution in [3.05, 3.63) is 35.9 Å². The number of piperidine rings is 1. The molecule has 3 aliphatic rings. The van der Waals surface area contributed by atoms with Crippen LogP contribution < -0.4 is 5.32 Å². The van der Waals surface area contributed by atoms with Gasteiger partial charge in [-0.1, -0.05) is 25.1 Å². The molecule has 0 aromatic heterocycles. The van der Waals surface area contributed by atoms with Gasteiger partial charge in [-0.25, -0.2) is 0 Å². The van der Waals surface area contributed by atoms with E-state index in [0.717, 1.165) is 57.5 Å². The van der Waals surface area contributed by atoms with Crippen LogP contribution >= 0.6 is 0 Å². The molecule has 25 heavy (non-hydrogen) atoms. The lowest BCUT2D eigenvalue weighted by Crippen LogP contribution is -2.56. The van der Waals surface area contributed by atoms with E-state index in [1.165, 1.54) is 0 Å². The van der Waals surface area contributed by atoms with Crippen LogP contribution in [0.2, 0.25) is 0 Å². The minimum absolute atomic E-state index is 0.0995. The van der Waals surface area contributed by atoms with E-state index in [0.29, 0.717) is 5.92 Å². The Morgan fingerprint density at radius 1 is 1.20 bits per heavy atom. The van der Waals surface area contributed by atoms with Crippen LogP contribution in [0.25, 0.3) is 0 Å². The predicted octanol–water partition coefficient (Wildman–Crippen LogP) is 1.75. The van der Waals surface area contributed by atoms with Gasteiger partial charge in [-0.3, -0.25) is 9.59 Å². The molecule has 0 bridgehead atoms. The van der Waals surface area contributed by atoms with Crippen LogP contribution in [0, 0.1) is 11.8 Å². The molecular weight excluding hydrogens is 314 g/mol. The standard InChI is InChI=1S/C20H27N3O2/c1-2-10-22-13-16-17(14-22)20(21-18(16)24)8-11-23(12-9-20)19(25)15-6-4-3-5-7-15/h3-7,16-17H,2,8-14H2,1H3,(H,21,24)/t16-,17+/m1/s1. The summed E-state index contributed by atoms with van der Waals surface area (Å²) >= 11 is 0. The number of amides is 2. The fourth-order valence-corrected chi connectivity index (χ4v) is 5.01. The summed E-state index contributed by atoms with van der Waals surface area (Å²) in [6.45, 7) is 6.64. The Bertz CT molecular complexity index is 652. The topological polar surface area (TPSA) is 52.7 Å². The minimum atomic E-state index is -0.0995. The number of likely N-dealkylation sites (tertiary alicyclic amines) is 2. The van der Waals surface area contributed by atoms with Crippen LogP contribution in [0.3, 0.4) is 0 Å². The van der Waals surface area contributed by atoms with Crippen LogP contribution in [0.5, 0.6) is 0 Å². The van der Waals surface area contributed by atoms with Crippen LogP contribution in [-0.2, 0) is 4.79 Å². The Balaban J connectivity index is 1.44. The fourth-order valence-electron chi connectivity index (χ4n) is 5.01. The van der Waals surface area contributed by atoms with Gasteiger partial charge in [0.1, 0.15) is 0 Å². The molecule has 1 spiro atoms. The number of hydrogen-bond acceptors (Lipinski definition) is 3. The van der Waals surface area contributed by atoms with Crippen LogP contribution in [0.4, 0.5) is 0 Å². The second-order valence-electron chi connectivity index (χ2n) is 7.78. The molecule has 3 fully saturated rings. The van der Waals surface area contributed by atoms with E-state index >= 15 is 0 Å². The average molecular weight is 341 g/mol. The molecule has 0 radical (unpaired) electrons. The number of carbonyl (C=O) groups excluding carboxylic acids is 2. The number of hydrogen-bond donors (Lipinski definition) is 1. The third-order valence-electron chi connectivity index (χ3n) is 6.32. The second-order valence-corrected chi connectivity index (χ2v) is 7.78. The van der Waals surface area contributed by atoms with E-state index in [1.807, 2.05) is 35.2 Å². The van der Waals surface area contributed by atoms with Crippen molar-refractivity contribution in [1.29, 1.82) is 0 Å². The summed E-state index contributed by atoms with van der Waals surface area (Å²) in [5.74, 6) is 0.880. The first kappa shape index (κ1) is 16.6. The van der Waals surface area contributed by atoms with Crippen molar-refractivity contribution in [2.75, 3.05) is 32.7 Å². The Morgan fingerprint density at radius 3 is 2.60 bits per heavy atom. The molecule has 2 amide bonds. The SMILES string of the molecule is CCCN1C[C@H]2C(=O)NC3(CCN(C(=O)c4ccccc4)CC3)[C@H]2C1. The maximum absolute atomic E-state index is 12.7. The lowest BCUT2D eigenvalue weighted by atomic mass is 9.75. The molecular formula is C20H27N3O2. The van der Waals surface area contributed by atoms with Gasteiger partial charge in [0, 0.05) is 43.2 Å². The van der Waals surface area contributed by atoms with Gasteiger partial charge in [-0.15, -0.1) is 0 Å². The highest BCUT2D eigenvalue weighted by atomic mass is 16.2. The molecule has 3 aliphatic heterocycles. The van der Waals surface area contributed by atoms with Crippen LogP contribution in [0.1, 0.15) is 36.5 Å². The van der Waals surface area contributed by atoms with Crippen molar-refractivity contribution in [2.24, 2.45) is 11.8 Å². The van der Waals surface area contributed by atoms with E-state index in [2.05, 4.69) is 17.1 Å². The highest BCUT2D eigenvalue weighted by molar-refractivity contribution is 5.94. The number of fused-ring (bicyclic) bond motifs is 2. The van der Waals surface area contributed by atoms with Crippen molar-refractivity contribution >= 4 is 11.8 Å². The Labute approximate surface area is 149 Å². The molecule has 1 aromatic carbocycles. The largest absolute Gasteiger partial charge is 0.350 e. The van der Waals surface area contributed by atoms with E-state index in [1.54, 1.807) is 0 Å². The lowest BCUT2D eigenvalue weighted by Gasteiger charge is -2.42. The zero-order valence-electron chi connectivity index (χ0n) is 14.9. The highest BCUT2D eigenvalue weighted by Gasteiger charge is 2.57. The Hall–Kier alpha value is -1.88. The Kier molecular flexibility index (Phi) is 4.28. The molecule has 4 rings (SSSR count). The number of rotatable bonds is 3. The zero-order chi connectivity index (χ0) is 17.4. The zero-order valence-corrected chi connectivity index (χ0v) is 14.9. The highest BCUT2D eigenvalue weighted by Crippen LogP contribution is 2.44. The number of nitrogens with one attached hydrogen (secondary N) is 1. The van der Waals surface area contributed by atoms with Gasteiger partial charge in [0.2, 0.25) is 5.91 Å². The van der Waals surface area contributed by atoms with E-state index < -0.39 is 0 Å². The Morgan fingerprint density at radius 2 is 1.92 bits per heavy atom. The summed E-state index contributed by atoms with van der Waals surface area (Å²) in [6.07, 6.45) is 2.88. The van der Waals surface area contributed by atoms with E-state index in [-0.39, 0.29) is 23.3 Å². The fraction of sp³-hybridized carbons (Fsp3) is 0.600. The number of carbonyl (C=O) groups is 2. The molecule has 5 nitrogen and oxygen atoms in total. The maximum atomic E-state index is 12.7. The first-order valence-electron chi connectivity index (χ1n) is 9.52. The molecule has 3 saturated heterocycles. The van der Waals surface area contributed by atoms with Gasteiger partial charge < -0.3 is 15.1 Å². The molecule has 0 unspecified atom stereocenters. The van der Waals surface area contributed by atoms with Crippen molar-refractivity contribution in [3.63, 3.8) is 0 Å². The first-order chi connectivity index (χ1) is 12.1. The quantitative estimate of drug-likeness (QED) is 0.911. The molecule has 0 aliphatic carbocycles. The lowest BCUT2D eigenvalue weighted by molar-refractivity contribution is -0.123. The van der Waals surface area contributed by atoms with E-state index in [4.69, 9.17) is 0 Å². The molecule has 0 saturated carbocycles. The molecule has 134 valence electrons. The summed E-state index contributed by atoms with van der Waals surface area (Å²) in [4.78, 5) is 29.5. The molecule has 1 N–H and O–H groups in total. The summed E-state index contributed by atoms with van der Waals surface area (Å²) in [7, 11) is 0. The number of benzene rings is 1. The third kappa shape index (κ3) is 2.84. The predicted molar refractivity (Wildman–Crippen MR) is 96.2 cm³/mol. The second kappa shape index (κ2) is 6.45. The summed E-state index contributed by atoms with van der Waals surface area (Å²) in [5.41, 5.74) is 0.652. The minimum Gasteiger partial charge on any atom is -0.350 e. The van der Waals surface area contributed by atoms with Crippen LogP contribution in [0.15, 0.2) is 30.3 Å². The van der Waals surface area contributed by atoms with Gasteiger partial charge in [-0.05, 0) is 37.9 Å². The van der Waals surface area contributed by atoms with Gasteiger partial charge >= 0.3 is 0 Å². The van der Waals surface area contributed by atoms with Gasteiger partial charge in [0.15, 0.2) is 0 Å². The maximum Gasteiger partial charge on any atom is 0.253 e. The summed E-state index contributed by atoms with van der Waals surface area (Å²) in [6, 6.07) is 9.49. The number of nitrogens with zero attached hydrogens (tertiary/aromatic N) is 2. The van der Waals surface area contributed by atoms with Crippen molar-refractivity contribution in [2.45, 2.75) is 31.7 Å². The van der Waals surface area contributed by atoms with Crippen molar-refractivity contribution < 1.29 is 9.59 Å². The normalized spacial score (nSPS) is 28.2.